The Morgan fingerprint density at radius 1 is 0.387 bits per heavy atom. The highest BCUT2D eigenvalue weighted by Crippen LogP contribution is 2.57. The Bertz CT molecular complexity index is 3430. The van der Waals surface area contributed by atoms with E-state index in [4.69, 9.17) is 14.2 Å². The summed E-state index contributed by atoms with van der Waals surface area (Å²) >= 11 is 14.7. The number of fused-ring (bicyclic) bond motifs is 2. The number of rotatable bonds is 19. The number of hydrogen-bond acceptors (Lipinski definition) is 3. The third-order valence-corrected chi connectivity index (χ3v) is 15.9. The van der Waals surface area contributed by atoms with Crippen LogP contribution >= 0.6 is 63.7 Å². The fourth-order valence-electron chi connectivity index (χ4n) is 10.1. The fraction of sp³-hybridized carbons (Fsp3) is 0.190. The second-order valence-corrected chi connectivity index (χ2v) is 22.5. The molecule has 0 saturated heterocycles. The maximum Gasteiger partial charge on any atom is 0.738 e. The van der Waals surface area contributed by atoms with Crippen LogP contribution in [-0.2, 0) is 0 Å². The average Bonchev–Trinajstić information content (AvgIpc) is 4.20. The number of unbranched alkanes of at least 4 members (excludes halogenated alkanes) is 3. The van der Waals surface area contributed by atoms with E-state index in [0.717, 1.165) is 84.2 Å². The van der Waals surface area contributed by atoms with Crippen molar-refractivity contribution in [2.45, 2.75) is 59.3 Å². The maximum absolute atomic E-state index is 20.1. The van der Waals surface area contributed by atoms with Gasteiger partial charge in [0.05, 0.1) is 36.5 Å². The van der Waals surface area contributed by atoms with Gasteiger partial charge in [-0.3, -0.25) is 0 Å². The van der Waals surface area contributed by atoms with Gasteiger partial charge in [-0.25, -0.2) is 0 Å². The van der Waals surface area contributed by atoms with Crippen LogP contribution in [0.3, 0.4) is 0 Å². The number of hydrogen-bond donors (Lipinski definition) is 0. The summed E-state index contributed by atoms with van der Waals surface area (Å²) in [5.74, 6) is 2.14. The Labute approximate surface area is 472 Å². The lowest BCUT2D eigenvalue weighted by molar-refractivity contribution is -0.358. The van der Waals surface area contributed by atoms with Crippen molar-refractivity contribution in [1.29, 1.82) is 0 Å². The van der Waals surface area contributed by atoms with Crippen molar-refractivity contribution in [2.75, 3.05) is 19.8 Å². The number of allylic oxidation sites excluding steroid dienone is 2. The van der Waals surface area contributed by atoms with Crippen molar-refractivity contribution >= 4 is 93.1 Å². The first-order chi connectivity index (χ1) is 36.5. The van der Waals surface area contributed by atoms with Gasteiger partial charge in [0.25, 0.3) is 0 Å². The lowest BCUT2D eigenvalue weighted by Gasteiger charge is -2.35. The van der Waals surface area contributed by atoms with Gasteiger partial charge in [-0.1, -0.05) is 177 Å². The van der Waals surface area contributed by atoms with Crippen LogP contribution in [0.4, 0.5) is 8.63 Å². The predicted molar refractivity (Wildman–Crippen MR) is 319 cm³/mol. The van der Waals surface area contributed by atoms with Crippen molar-refractivity contribution < 1.29 is 27.3 Å². The molecule has 380 valence electrons. The summed E-state index contributed by atoms with van der Waals surface area (Å²) in [6.07, 6.45) is 5.73. The van der Waals surface area contributed by atoms with Crippen LogP contribution in [-0.4, -0.2) is 41.5 Å². The van der Waals surface area contributed by atoms with Crippen LogP contribution in [0.1, 0.15) is 87.2 Å². The van der Waals surface area contributed by atoms with E-state index in [0.29, 0.717) is 98.8 Å². The summed E-state index contributed by atoms with van der Waals surface area (Å²) in [4.78, 5) is 0. The standard InChI is InChI=1S/C63H55BBr4F2N2O3/c1-4-7-38-73-52-32-18-43(19-33-52)57-55(41-10-24-48(65)25-11-41)60(46-14-28-50(67)29-15-46)71-62(57)59(45-22-36-54(37-23-45)75-40-9-6-3)63-58(44-20-34-53(35-21-44)74-39-8-5-2)56(42-12-26-49(66)27-13-42)61(72(63)64(71,69)70)47-16-30-51(68)31-17-47/h10-37H,4-9,38-40H2,1-3H3. The molecule has 0 radical (unpaired) electrons. The summed E-state index contributed by atoms with van der Waals surface area (Å²) in [5, 5.41) is 0. The van der Waals surface area contributed by atoms with Crippen LogP contribution in [0.25, 0.3) is 50.2 Å². The molecule has 10 rings (SSSR count). The van der Waals surface area contributed by atoms with Gasteiger partial charge >= 0.3 is 6.97 Å². The van der Waals surface area contributed by atoms with Gasteiger partial charge in [0.15, 0.2) is 11.4 Å². The van der Waals surface area contributed by atoms with Crippen LogP contribution in [0.5, 0.6) is 17.2 Å². The molecule has 2 aliphatic rings. The molecule has 8 aromatic rings. The number of nitrogens with zero attached hydrogens (tertiary/aromatic N) is 2. The monoisotopic (exact) mass is 1250 g/mol. The zero-order chi connectivity index (χ0) is 52.2. The molecule has 0 fully saturated rings. The van der Waals surface area contributed by atoms with Crippen LogP contribution in [0.2, 0.25) is 0 Å². The Morgan fingerprint density at radius 3 is 1.12 bits per heavy atom. The molecule has 2 aliphatic heterocycles. The van der Waals surface area contributed by atoms with Crippen LogP contribution in [0.15, 0.2) is 193 Å². The van der Waals surface area contributed by atoms with E-state index in [-0.39, 0.29) is 0 Å². The van der Waals surface area contributed by atoms with Crippen LogP contribution in [0, 0.1) is 0 Å². The van der Waals surface area contributed by atoms with Crippen molar-refractivity contribution in [2.24, 2.45) is 0 Å². The number of aromatic nitrogens is 1. The molecular weight excluding hydrogens is 1200 g/mol. The van der Waals surface area contributed by atoms with E-state index in [2.05, 4.69) is 84.5 Å². The molecular formula is C63H55BBr4F2N2O3. The molecule has 75 heavy (non-hydrogen) atoms. The van der Waals surface area contributed by atoms with Gasteiger partial charge in [0.2, 0.25) is 0 Å². The first-order valence-corrected chi connectivity index (χ1v) is 28.9. The molecule has 0 atom stereocenters. The minimum Gasteiger partial charge on any atom is -0.494 e. The minimum absolute atomic E-state index is 0.390. The van der Waals surface area contributed by atoms with E-state index in [9.17, 15) is 0 Å². The van der Waals surface area contributed by atoms with E-state index in [1.165, 1.54) is 8.96 Å². The highest BCUT2D eigenvalue weighted by Gasteiger charge is 2.60. The third kappa shape index (κ3) is 10.7. The SMILES string of the molecule is CCCCOc1ccc(C2=C(c3ccc(Br)cc3)C(c3ccc(Br)cc3)=[N+]3C2=C(c2ccc(OCCCC)cc2)c2c(-c4ccc(OCCCC)cc4)c(-c4ccc(Br)cc4)c(-c4ccc(Br)cc4)n2[B-]3(F)F)cc1. The van der Waals surface area contributed by atoms with Crippen LogP contribution < -0.4 is 14.2 Å². The molecule has 1 aromatic heterocycles. The second kappa shape index (κ2) is 23.2. The zero-order valence-corrected chi connectivity index (χ0v) is 48.3. The summed E-state index contributed by atoms with van der Waals surface area (Å²) in [7, 11) is 0. The Kier molecular flexibility index (Phi) is 16.3. The first-order valence-electron chi connectivity index (χ1n) is 25.7. The molecule has 0 unspecified atom stereocenters. The van der Waals surface area contributed by atoms with E-state index in [1.54, 1.807) is 0 Å². The van der Waals surface area contributed by atoms with E-state index < -0.39 is 6.97 Å². The molecule has 5 nitrogen and oxygen atoms in total. The van der Waals surface area contributed by atoms with E-state index in [1.807, 2.05) is 170 Å². The first kappa shape index (κ1) is 52.6. The molecule has 0 aliphatic carbocycles. The van der Waals surface area contributed by atoms with Crippen molar-refractivity contribution in [1.82, 2.24) is 4.48 Å². The molecule has 12 heteroatoms. The van der Waals surface area contributed by atoms with Gasteiger partial charge < -0.3 is 31.8 Å². The lowest BCUT2D eigenvalue weighted by Crippen LogP contribution is -2.52. The summed E-state index contributed by atoms with van der Waals surface area (Å²) in [5.41, 5.74) is 10.0. The molecule has 0 saturated carbocycles. The summed E-state index contributed by atoms with van der Waals surface area (Å²) in [6, 6.07) is 55.3. The molecule has 0 spiro atoms. The maximum atomic E-state index is 20.1. The molecule has 7 aromatic carbocycles. The molecule has 0 bridgehead atoms. The zero-order valence-electron chi connectivity index (χ0n) is 42.0. The normalized spacial score (nSPS) is 13.8. The lowest BCUT2D eigenvalue weighted by atomic mass is 9.81. The smallest absolute Gasteiger partial charge is 0.494 e. The Morgan fingerprint density at radius 2 is 0.707 bits per heavy atom. The largest absolute Gasteiger partial charge is 0.738 e. The third-order valence-electron chi connectivity index (χ3n) is 13.7. The molecule has 0 N–H and O–H groups in total. The van der Waals surface area contributed by atoms with Crippen molar-refractivity contribution in [3.05, 3.63) is 221 Å². The van der Waals surface area contributed by atoms with Gasteiger partial charge in [-0.2, -0.15) is 0 Å². The van der Waals surface area contributed by atoms with Gasteiger partial charge in [0, 0.05) is 46.0 Å². The highest BCUT2D eigenvalue weighted by molar-refractivity contribution is 9.11. The number of ether oxygens (including phenoxy) is 3. The average molecular weight is 1260 g/mol. The minimum atomic E-state index is -4.80. The van der Waals surface area contributed by atoms with Gasteiger partial charge in [-0.05, 0) is 150 Å². The van der Waals surface area contributed by atoms with Gasteiger partial charge in [-0.15, -0.1) is 0 Å². The van der Waals surface area contributed by atoms with Gasteiger partial charge in [0.1, 0.15) is 17.2 Å². The molecule has 3 heterocycles. The predicted octanol–water partition coefficient (Wildman–Crippen LogP) is 19.2. The Hall–Kier alpha value is -5.79. The Balaban J connectivity index is 1.42. The van der Waals surface area contributed by atoms with E-state index >= 15 is 8.63 Å². The highest BCUT2D eigenvalue weighted by atomic mass is 79.9. The summed E-state index contributed by atoms with van der Waals surface area (Å²) < 4.78 is 65.1. The number of halogens is 6. The quantitative estimate of drug-likeness (QED) is 0.0598. The van der Waals surface area contributed by atoms with Crippen molar-refractivity contribution in [3.63, 3.8) is 0 Å². The van der Waals surface area contributed by atoms with Crippen molar-refractivity contribution in [3.8, 4) is 50.8 Å². The number of benzene rings is 7. The molecule has 0 amide bonds. The second-order valence-electron chi connectivity index (χ2n) is 18.8. The summed E-state index contributed by atoms with van der Waals surface area (Å²) in [6.45, 7) is 3.33. The fourth-order valence-corrected chi connectivity index (χ4v) is 11.1. The topological polar surface area (TPSA) is 35.6 Å².